The second kappa shape index (κ2) is 6.23. The molecule has 0 aliphatic heterocycles. The number of carboxylic acids is 1. The van der Waals surface area contributed by atoms with Crippen LogP contribution in [0.1, 0.15) is 10.4 Å². The van der Waals surface area contributed by atoms with Crippen molar-refractivity contribution in [1.29, 1.82) is 0 Å². The molecule has 0 saturated heterocycles. The van der Waals surface area contributed by atoms with Gasteiger partial charge < -0.3 is 14.9 Å². The maximum Gasteiger partial charge on any atom is 0.336 e. The molecule has 114 valence electrons. The molecule has 0 aliphatic rings. The van der Waals surface area contributed by atoms with Crippen LogP contribution < -0.4 is 4.74 Å². The zero-order valence-corrected chi connectivity index (χ0v) is 12.1. The monoisotopic (exact) mass is 306 g/mol. The lowest BCUT2D eigenvalue weighted by Gasteiger charge is -2.13. The average Bonchev–Trinajstić information content (AvgIpc) is 2.56. The summed E-state index contributed by atoms with van der Waals surface area (Å²) in [5.74, 6) is 0.109. The van der Waals surface area contributed by atoms with Gasteiger partial charge >= 0.3 is 5.97 Å². The van der Waals surface area contributed by atoms with Crippen LogP contribution in [0, 0.1) is 0 Å². The second-order valence-electron chi connectivity index (χ2n) is 4.95. The minimum Gasteiger partial charge on any atom is -0.508 e. The van der Waals surface area contributed by atoms with Gasteiger partial charge in [0, 0.05) is 11.1 Å². The Labute approximate surface area is 133 Å². The van der Waals surface area contributed by atoms with E-state index < -0.39 is 5.97 Å². The number of rotatable bonds is 4. The van der Waals surface area contributed by atoms with Gasteiger partial charge in [0.25, 0.3) is 0 Å². The number of para-hydroxylation sites is 2. The van der Waals surface area contributed by atoms with Crippen molar-refractivity contribution in [1.82, 2.24) is 0 Å². The number of benzene rings is 3. The highest BCUT2D eigenvalue weighted by Gasteiger charge is 2.16. The van der Waals surface area contributed by atoms with Gasteiger partial charge in [-0.25, -0.2) is 4.79 Å². The van der Waals surface area contributed by atoms with Crippen molar-refractivity contribution in [3.05, 3.63) is 78.4 Å². The Bertz CT molecular complexity index is 841. The Morgan fingerprint density at radius 3 is 2.26 bits per heavy atom. The molecule has 0 unspecified atom stereocenters. The molecule has 3 rings (SSSR count). The number of ether oxygens (including phenoxy) is 1. The molecule has 4 nitrogen and oxygen atoms in total. The van der Waals surface area contributed by atoms with Crippen LogP contribution in [-0.4, -0.2) is 16.2 Å². The van der Waals surface area contributed by atoms with Gasteiger partial charge in [0.1, 0.15) is 17.2 Å². The standard InChI is InChI=1S/C19H14O4/c20-13-10-11-16(19(21)22)17(12-13)15-8-4-5-9-18(15)23-14-6-2-1-3-7-14/h1-12,20H,(H,21,22). The largest absolute Gasteiger partial charge is 0.508 e. The maximum absolute atomic E-state index is 11.5. The van der Waals surface area contributed by atoms with E-state index in [2.05, 4.69) is 0 Å². The molecule has 23 heavy (non-hydrogen) atoms. The number of carbonyl (C=O) groups is 1. The lowest BCUT2D eigenvalue weighted by Crippen LogP contribution is -2.00. The van der Waals surface area contributed by atoms with Gasteiger partial charge in [0.15, 0.2) is 0 Å². The van der Waals surface area contributed by atoms with Crippen molar-refractivity contribution in [2.24, 2.45) is 0 Å². The van der Waals surface area contributed by atoms with E-state index in [-0.39, 0.29) is 11.3 Å². The molecule has 0 atom stereocenters. The highest BCUT2D eigenvalue weighted by Crippen LogP contribution is 2.36. The summed E-state index contributed by atoms with van der Waals surface area (Å²) in [5.41, 5.74) is 1.11. The molecular weight excluding hydrogens is 292 g/mol. The Morgan fingerprint density at radius 2 is 1.52 bits per heavy atom. The number of aromatic carboxylic acids is 1. The normalized spacial score (nSPS) is 10.3. The highest BCUT2D eigenvalue weighted by molar-refractivity contribution is 5.97. The third kappa shape index (κ3) is 3.16. The predicted molar refractivity (Wildman–Crippen MR) is 87.0 cm³/mol. The van der Waals surface area contributed by atoms with Gasteiger partial charge in [-0.15, -0.1) is 0 Å². The van der Waals surface area contributed by atoms with Gasteiger partial charge in [-0.3, -0.25) is 0 Å². The van der Waals surface area contributed by atoms with Gasteiger partial charge in [0.05, 0.1) is 5.56 Å². The van der Waals surface area contributed by atoms with Crippen LogP contribution in [0.2, 0.25) is 0 Å². The van der Waals surface area contributed by atoms with Crippen LogP contribution in [0.5, 0.6) is 17.2 Å². The topological polar surface area (TPSA) is 66.8 Å². The fourth-order valence-corrected chi connectivity index (χ4v) is 2.34. The molecule has 4 heteroatoms. The van der Waals surface area contributed by atoms with Crippen molar-refractivity contribution in [2.75, 3.05) is 0 Å². The third-order valence-electron chi connectivity index (χ3n) is 3.38. The lowest BCUT2D eigenvalue weighted by atomic mass is 9.98. The molecule has 0 spiro atoms. The lowest BCUT2D eigenvalue weighted by molar-refractivity contribution is 0.0697. The first-order chi connectivity index (χ1) is 11.1. The summed E-state index contributed by atoms with van der Waals surface area (Å²) in [6.45, 7) is 0. The predicted octanol–water partition coefficient (Wildman–Crippen LogP) is 4.55. The summed E-state index contributed by atoms with van der Waals surface area (Å²) in [6, 6.07) is 20.5. The van der Waals surface area contributed by atoms with Crippen LogP contribution in [0.3, 0.4) is 0 Å². The van der Waals surface area contributed by atoms with Gasteiger partial charge in [-0.2, -0.15) is 0 Å². The minimum absolute atomic E-state index is 0.000450. The highest BCUT2D eigenvalue weighted by atomic mass is 16.5. The molecule has 3 aromatic rings. The van der Waals surface area contributed by atoms with E-state index in [0.29, 0.717) is 22.6 Å². The third-order valence-corrected chi connectivity index (χ3v) is 3.38. The quantitative estimate of drug-likeness (QED) is 0.742. The van der Waals surface area contributed by atoms with Gasteiger partial charge in [-0.1, -0.05) is 36.4 Å². The van der Waals surface area contributed by atoms with E-state index in [1.165, 1.54) is 18.2 Å². The number of aromatic hydroxyl groups is 1. The Morgan fingerprint density at radius 1 is 0.826 bits per heavy atom. The van der Waals surface area contributed by atoms with Gasteiger partial charge in [0.2, 0.25) is 0 Å². The van der Waals surface area contributed by atoms with Crippen LogP contribution >= 0.6 is 0 Å². The number of carboxylic acid groups (broad SMARTS) is 1. The van der Waals surface area contributed by atoms with E-state index in [4.69, 9.17) is 4.74 Å². The van der Waals surface area contributed by atoms with Crippen molar-refractivity contribution >= 4 is 5.97 Å². The first-order valence-electron chi connectivity index (χ1n) is 7.04. The number of hydrogen-bond donors (Lipinski definition) is 2. The molecule has 0 bridgehead atoms. The zero-order valence-electron chi connectivity index (χ0n) is 12.1. The molecule has 0 fully saturated rings. The van der Waals surface area contributed by atoms with E-state index in [1.807, 2.05) is 36.4 Å². The van der Waals surface area contributed by atoms with Crippen LogP contribution in [0.25, 0.3) is 11.1 Å². The molecule has 2 N–H and O–H groups in total. The van der Waals surface area contributed by atoms with E-state index in [1.54, 1.807) is 18.2 Å². The molecule has 0 radical (unpaired) electrons. The van der Waals surface area contributed by atoms with E-state index >= 15 is 0 Å². The van der Waals surface area contributed by atoms with Crippen LogP contribution in [-0.2, 0) is 0 Å². The Hall–Kier alpha value is -3.27. The smallest absolute Gasteiger partial charge is 0.336 e. The maximum atomic E-state index is 11.5. The van der Waals surface area contributed by atoms with Gasteiger partial charge in [-0.05, 0) is 36.4 Å². The molecule has 0 saturated carbocycles. The van der Waals surface area contributed by atoms with Crippen molar-refractivity contribution < 1.29 is 19.7 Å². The SMILES string of the molecule is O=C(O)c1ccc(O)cc1-c1ccccc1Oc1ccccc1. The van der Waals surface area contributed by atoms with Crippen molar-refractivity contribution in [3.8, 4) is 28.4 Å². The van der Waals surface area contributed by atoms with Crippen molar-refractivity contribution in [2.45, 2.75) is 0 Å². The van der Waals surface area contributed by atoms with Crippen molar-refractivity contribution in [3.63, 3.8) is 0 Å². The molecule has 0 aromatic heterocycles. The summed E-state index contributed by atoms with van der Waals surface area (Å²) >= 11 is 0. The van der Waals surface area contributed by atoms with Crippen LogP contribution in [0.4, 0.5) is 0 Å². The summed E-state index contributed by atoms with van der Waals surface area (Å²) in [6.07, 6.45) is 0. The number of phenolic OH excluding ortho intramolecular Hbond substituents is 1. The summed E-state index contributed by atoms with van der Waals surface area (Å²) < 4.78 is 5.86. The zero-order chi connectivity index (χ0) is 16.2. The summed E-state index contributed by atoms with van der Waals surface area (Å²) in [4.78, 5) is 11.5. The first-order valence-corrected chi connectivity index (χ1v) is 7.04. The molecule has 0 aliphatic carbocycles. The molecule has 3 aromatic carbocycles. The van der Waals surface area contributed by atoms with E-state index in [9.17, 15) is 15.0 Å². The fourth-order valence-electron chi connectivity index (χ4n) is 2.34. The average molecular weight is 306 g/mol. The summed E-state index contributed by atoms with van der Waals surface area (Å²) in [7, 11) is 0. The number of phenols is 1. The van der Waals surface area contributed by atoms with E-state index in [0.717, 1.165) is 0 Å². The molecule has 0 heterocycles. The molecular formula is C19H14O4. The summed E-state index contributed by atoms with van der Waals surface area (Å²) in [5, 5.41) is 19.1. The number of hydrogen-bond acceptors (Lipinski definition) is 3. The fraction of sp³-hybridized carbons (Fsp3) is 0. The first kappa shape index (κ1) is 14.7. The Kier molecular flexibility index (Phi) is 3.97. The van der Waals surface area contributed by atoms with Crippen LogP contribution in [0.15, 0.2) is 72.8 Å². The molecule has 0 amide bonds. The minimum atomic E-state index is -1.06. The Balaban J connectivity index is 2.11. The second-order valence-corrected chi connectivity index (χ2v) is 4.95.